The van der Waals surface area contributed by atoms with Crippen LogP contribution in [0.4, 0.5) is 20.2 Å². The molecule has 0 spiro atoms. The second kappa shape index (κ2) is 9.97. The maximum atomic E-state index is 14.4. The van der Waals surface area contributed by atoms with Gasteiger partial charge in [0.25, 0.3) is 11.5 Å². The molecule has 1 aliphatic heterocycles. The lowest BCUT2D eigenvalue weighted by Gasteiger charge is -2.23. The van der Waals surface area contributed by atoms with Crippen molar-refractivity contribution in [2.75, 3.05) is 23.3 Å². The molecular weight excluding hydrogens is 492 g/mol. The van der Waals surface area contributed by atoms with Crippen molar-refractivity contribution in [1.82, 2.24) is 19.6 Å². The molecule has 38 heavy (non-hydrogen) atoms. The number of nitrogens with one attached hydrogen (secondary N) is 1. The number of nitrogens with zero attached hydrogens (tertiary/aromatic N) is 5. The molecule has 1 aliphatic rings. The van der Waals surface area contributed by atoms with Gasteiger partial charge >= 0.3 is 0 Å². The fraction of sp³-hybridized carbons (Fsp3) is 0.333. The SMILES string of the molecule is CC[C@H](C)n1ncc2c(N3C[C@@H](C)[C@@H](N)C3)c(NC(=O)c3ccc(=O)n(-c4c(F)cccc4F)n3)ccc21. The number of carbonyl (C=O) groups is 1. The number of benzene rings is 2. The van der Waals surface area contributed by atoms with Gasteiger partial charge in [-0.1, -0.05) is 19.9 Å². The summed E-state index contributed by atoms with van der Waals surface area (Å²) in [6.45, 7) is 7.57. The number of anilines is 2. The number of hydrogen-bond acceptors (Lipinski definition) is 6. The second-order valence-electron chi connectivity index (χ2n) is 9.78. The van der Waals surface area contributed by atoms with Gasteiger partial charge in [-0.3, -0.25) is 14.3 Å². The van der Waals surface area contributed by atoms with Crippen molar-refractivity contribution in [2.45, 2.75) is 39.3 Å². The summed E-state index contributed by atoms with van der Waals surface area (Å²) < 4.78 is 31.2. The number of aromatic nitrogens is 4. The number of rotatable bonds is 6. The van der Waals surface area contributed by atoms with Crippen LogP contribution in [0.2, 0.25) is 0 Å². The third-order valence-corrected chi connectivity index (χ3v) is 7.18. The van der Waals surface area contributed by atoms with Crippen LogP contribution in [0, 0.1) is 17.6 Å². The third kappa shape index (κ3) is 4.43. The van der Waals surface area contributed by atoms with Crippen LogP contribution in [0.5, 0.6) is 0 Å². The Kier molecular flexibility index (Phi) is 6.70. The lowest BCUT2D eigenvalue weighted by Crippen LogP contribution is -2.29. The molecule has 3 heterocycles. The second-order valence-corrected chi connectivity index (χ2v) is 9.78. The van der Waals surface area contributed by atoms with E-state index in [1.807, 2.05) is 10.7 Å². The molecule has 5 rings (SSSR count). The highest BCUT2D eigenvalue weighted by Gasteiger charge is 2.30. The van der Waals surface area contributed by atoms with E-state index in [-0.39, 0.29) is 23.7 Å². The Morgan fingerprint density at radius 3 is 2.53 bits per heavy atom. The zero-order valence-electron chi connectivity index (χ0n) is 21.4. The van der Waals surface area contributed by atoms with E-state index in [4.69, 9.17) is 5.73 Å². The molecule has 1 amide bonds. The standard InChI is InChI=1S/C27H29F2N7O2/c1-4-16(3)35-23-10-8-21(25(17(23)12-31-35)34-13-15(2)20(30)14-34)32-27(38)22-9-11-24(37)36(33-22)26-18(28)6-5-7-19(26)29/h5-12,15-16,20H,4,13-14,30H2,1-3H3,(H,32,38)/t15-,16+,20+/m1/s1. The summed E-state index contributed by atoms with van der Waals surface area (Å²) in [4.78, 5) is 27.9. The normalized spacial score (nSPS) is 18.2. The lowest BCUT2D eigenvalue weighted by molar-refractivity contribution is 0.102. The van der Waals surface area contributed by atoms with Crippen LogP contribution in [0.15, 0.2) is 53.5 Å². The largest absolute Gasteiger partial charge is 0.367 e. The molecule has 2 aromatic carbocycles. The average molecular weight is 522 g/mol. The van der Waals surface area contributed by atoms with E-state index in [0.29, 0.717) is 23.5 Å². The first-order valence-corrected chi connectivity index (χ1v) is 12.6. The van der Waals surface area contributed by atoms with Crippen LogP contribution in [-0.4, -0.2) is 44.6 Å². The summed E-state index contributed by atoms with van der Waals surface area (Å²) >= 11 is 0. The Morgan fingerprint density at radius 2 is 1.87 bits per heavy atom. The summed E-state index contributed by atoms with van der Waals surface area (Å²) in [5.74, 6) is -2.33. The summed E-state index contributed by atoms with van der Waals surface area (Å²) in [6.07, 6.45) is 2.70. The Bertz CT molecular complexity index is 1550. The zero-order chi connectivity index (χ0) is 27.1. The van der Waals surface area contributed by atoms with Crippen molar-refractivity contribution in [3.63, 3.8) is 0 Å². The Labute approximate surface area is 217 Å². The molecule has 3 N–H and O–H groups in total. The quantitative estimate of drug-likeness (QED) is 0.399. The molecule has 0 radical (unpaired) electrons. The smallest absolute Gasteiger partial charge is 0.276 e. The minimum absolute atomic E-state index is 0.0284. The number of halogens is 2. The molecule has 0 aliphatic carbocycles. The highest BCUT2D eigenvalue weighted by atomic mass is 19.1. The number of nitrogens with two attached hydrogens (primary N) is 1. The van der Waals surface area contributed by atoms with E-state index in [2.05, 4.69) is 41.2 Å². The van der Waals surface area contributed by atoms with Gasteiger partial charge in [-0.15, -0.1) is 0 Å². The molecule has 1 saturated heterocycles. The molecular formula is C27H29F2N7O2. The van der Waals surface area contributed by atoms with Crippen LogP contribution >= 0.6 is 0 Å². The monoisotopic (exact) mass is 521 g/mol. The first-order valence-electron chi connectivity index (χ1n) is 12.6. The van der Waals surface area contributed by atoms with E-state index < -0.39 is 28.8 Å². The van der Waals surface area contributed by atoms with Crippen molar-refractivity contribution in [1.29, 1.82) is 0 Å². The summed E-state index contributed by atoms with van der Waals surface area (Å²) in [5.41, 5.74) is 6.97. The molecule has 9 nitrogen and oxygen atoms in total. The predicted octanol–water partition coefficient (Wildman–Crippen LogP) is 3.87. The van der Waals surface area contributed by atoms with E-state index >= 15 is 0 Å². The molecule has 2 aromatic heterocycles. The molecule has 1 fully saturated rings. The Morgan fingerprint density at radius 1 is 1.13 bits per heavy atom. The maximum absolute atomic E-state index is 14.4. The molecule has 4 aromatic rings. The number of carbonyl (C=O) groups excluding carboxylic acids is 1. The van der Waals surface area contributed by atoms with E-state index in [0.717, 1.165) is 41.2 Å². The summed E-state index contributed by atoms with van der Waals surface area (Å²) in [5, 5.41) is 12.3. The van der Waals surface area contributed by atoms with Gasteiger partial charge in [0, 0.05) is 36.6 Å². The van der Waals surface area contributed by atoms with Crippen molar-refractivity contribution in [3.8, 4) is 5.69 Å². The van der Waals surface area contributed by atoms with Crippen LogP contribution in [0.25, 0.3) is 16.6 Å². The van der Waals surface area contributed by atoms with Gasteiger partial charge in [0.1, 0.15) is 11.4 Å². The van der Waals surface area contributed by atoms with Gasteiger partial charge in [-0.25, -0.2) is 8.78 Å². The van der Waals surface area contributed by atoms with Crippen LogP contribution in [0.1, 0.15) is 43.7 Å². The fourth-order valence-electron chi connectivity index (χ4n) is 4.82. The maximum Gasteiger partial charge on any atom is 0.276 e. The van der Waals surface area contributed by atoms with Gasteiger partial charge in [-0.2, -0.15) is 14.9 Å². The number of hydrogen-bond donors (Lipinski definition) is 2. The lowest BCUT2D eigenvalue weighted by atomic mass is 10.1. The number of fused-ring (bicyclic) bond motifs is 1. The van der Waals surface area contributed by atoms with Crippen molar-refractivity contribution in [2.24, 2.45) is 11.7 Å². The van der Waals surface area contributed by atoms with Crippen LogP contribution in [-0.2, 0) is 0 Å². The fourth-order valence-corrected chi connectivity index (χ4v) is 4.82. The molecule has 11 heteroatoms. The highest BCUT2D eigenvalue weighted by Crippen LogP contribution is 2.38. The Balaban J connectivity index is 1.56. The first-order chi connectivity index (χ1) is 18.2. The Hall–Kier alpha value is -4.12. The predicted molar refractivity (Wildman–Crippen MR) is 142 cm³/mol. The molecule has 0 saturated carbocycles. The highest BCUT2D eigenvalue weighted by molar-refractivity contribution is 6.09. The number of para-hydroxylation sites is 1. The minimum atomic E-state index is -0.970. The molecule has 0 unspecified atom stereocenters. The minimum Gasteiger partial charge on any atom is -0.367 e. The van der Waals surface area contributed by atoms with Gasteiger partial charge in [0.15, 0.2) is 11.6 Å². The van der Waals surface area contributed by atoms with E-state index in [1.165, 1.54) is 12.1 Å². The summed E-state index contributed by atoms with van der Waals surface area (Å²) in [6, 6.07) is 9.35. The van der Waals surface area contributed by atoms with Crippen molar-refractivity contribution >= 4 is 28.2 Å². The molecule has 198 valence electrons. The summed E-state index contributed by atoms with van der Waals surface area (Å²) in [7, 11) is 0. The topological polar surface area (TPSA) is 111 Å². The molecule has 0 bridgehead atoms. The first kappa shape index (κ1) is 25.5. The average Bonchev–Trinajstić information content (AvgIpc) is 3.47. The van der Waals surface area contributed by atoms with Crippen LogP contribution < -0.4 is 21.5 Å². The van der Waals surface area contributed by atoms with Gasteiger partial charge < -0.3 is 16.0 Å². The zero-order valence-corrected chi connectivity index (χ0v) is 21.4. The van der Waals surface area contributed by atoms with E-state index in [9.17, 15) is 18.4 Å². The van der Waals surface area contributed by atoms with E-state index in [1.54, 1.807) is 12.3 Å². The van der Waals surface area contributed by atoms with Crippen LogP contribution in [0.3, 0.4) is 0 Å². The van der Waals surface area contributed by atoms with Gasteiger partial charge in [0.2, 0.25) is 0 Å². The van der Waals surface area contributed by atoms with Gasteiger partial charge in [0.05, 0.1) is 23.1 Å². The van der Waals surface area contributed by atoms with Crippen molar-refractivity contribution < 1.29 is 13.6 Å². The molecule has 3 atom stereocenters. The third-order valence-electron chi connectivity index (χ3n) is 7.18. The van der Waals surface area contributed by atoms with Gasteiger partial charge in [-0.05, 0) is 49.6 Å². The van der Waals surface area contributed by atoms with Crippen molar-refractivity contribution in [3.05, 3.63) is 76.3 Å². The number of amides is 1.